The molecular formula is C26H23N3O3. The van der Waals surface area contributed by atoms with Gasteiger partial charge in [-0.3, -0.25) is 9.59 Å². The van der Waals surface area contributed by atoms with Crippen molar-refractivity contribution in [2.75, 3.05) is 0 Å². The van der Waals surface area contributed by atoms with E-state index in [4.69, 9.17) is 4.42 Å². The lowest BCUT2D eigenvalue weighted by atomic mass is 10.1. The van der Waals surface area contributed by atoms with Gasteiger partial charge in [0.05, 0.1) is 6.54 Å². The van der Waals surface area contributed by atoms with E-state index in [1.165, 1.54) is 0 Å². The highest BCUT2D eigenvalue weighted by Gasteiger charge is 2.34. The van der Waals surface area contributed by atoms with Crippen LogP contribution < -0.4 is 10.9 Å². The summed E-state index contributed by atoms with van der Waals surface area (Å²) in [5, 5.41) is 2.96. The monoisotopic (exact) mass is 425 g/mol. The van der Waals surface area contributed by atoms with Crippen LogP contribution in [0.1, 0.15) is 46.1 Å². The van der Waals surface area contributed by atoms with E-state index in [9.17, 15) is 9.59 Å². The molecule has 0 radical (unpaired) electrons. The predicted octanol–water partition coefficient (Wildman–Crippen LogP) is 4.36. The zero-order chi connectivity index (χ0) is 21.9. The van der Waals surface area contributed by atoms with E-state index in [1.54, 1.807) is 22.9 Å². The van der Waals surface area contributed by atoms with Crippen molar-refractivity contribution < 1.29 is 9.21 Å². The smallest absolute Gasteiger partial charge is 0.273 e. The Morgan fingerprint density at radius 2 is 1.69 bits per heavy atom. The molecule has 2 aromatic carbocycles. The first kappa shape index (κ1) is 20.0. The number of amides is 1. The molecule has 0 spiro atoms. The van der Waals surface area contributed by atoms with Gasteiger partial charge in [0.25, 0.3) is 11.5 Å². The van der Waals surface area contributed by atoms with Crippen LogP contribution in [0.3, 0.4) is 0 Å². The van der Waals surface area contributed by atoms with Crippen LogP contribution in [-0.4, -0.2) is 15.5 Å². The molecule has 0 bridgehead atoms. The van der Waals surface area contributed by atoms with Crippen LogP contribution >= 0.6 is 0 Å². The Bertz CT molecular complexity index is 1290. The SMILES string of the molecule is O=C(NCc1ccc(Cn2ccccc2=O)cc1)c1nc(-c2ccccc2)oc1C1CC1. The summed E-state index contributed by atoms with van der Waals surface area (Å²) in [5.41, 5.74) is 3.21. The molecule has 0 atom stereocenters. The fraction of sp³-hybridized carbons (Fsp3) is 0.192. The minimum Gasteiger partial charge on any atom is -0.440 e. The van der Waals surface area contributed by atoms with Gasteiger partial charge in [-0.1, -0.05) is 48.5 Å². The highest BCUT2D eigenvalue weighted by Crippen LogP contribution is 2.43. The van der Waals surface area contributed by atoms with Gasteiger partial charge in [0.1, 0.15) is 5.76 Å². The summed E-state index contributed by atoms with van der Waals surface area (Å²) >= 11 is 0. The second kappa shape index (κ2) is 8.67. The van der Waals surface area contributed by atoms with Crippen LogP contribution in [0.25, 0.3) is 11.5 Å². The third-order valence-corrected chi connectivity index (χ3v) is 5.57. The molecule has 1 aliphatic rings. The zero-order valence-corrected chi connectivity index (χ0v) is 17.5. The number of rotatable bonds is 7. The average molecular weight is 425 g/mol. The van der Waals surface area contributed by atoms with Crippen molar-refractivity contribution in [3.63, 3.8) is 0 Å². The van der Waals surface area contributed by atoms with E-state index in [0.717, 1.165) is 29.5 Å². The number of benzene rings is 2. The molecule has 1 amide bonds. The Morgan fingerprint density at radius 3 is 2.41 bits per heavy atom. The number of carbonyl (C=O) groups excluding carboxylic acids is 1. The van der Waals surface area contributed by atoms with Crippen LogP contribution in [0.15, 0.2) is 88.2 Å². The van der Waals surface area contributed by atoms with Crippen LogP contribution in [0, 0.1) is 0 Å². The minimum atomic E-state index is -0.224. The maximum atomic E-state index is 12.9. The summed E-state index contributed by atoms with van der Waals surface area (Å²) in [6.45, 7) is 0.903. The maximum absolute atomic E-state index is 12.9. The third-order valence-electron chi connectivity index (χ3n) is 5.57. The predicted molar refractivity (Wildman–Crippen MR) is 121 cm³/mol. The van der Waals surface area contributed by atoms with Gasteiger partial charge in [0, 0.05) is 30.3 Å². The lowest BCUT2D eigenvalue weighted by Crippen LogP contribution is -2.24. The summed E-state index contributed by atoms with van der Waals surface area (Å²) in [4.78, 5) is 29.3. The Morgan fingerprint density at radius 1 is 0.969 bits per heavy atom. The normalized spacial score (nSPS) is 13.1. The van der Waals surface area contributed by atoms with Gasteiger partial charge in [-0.05, 0) is 42.2 Å². The molecule has 1 aliphatic carbocycles. The summed E-state index contributed by atoms with van der Waals surface area (Å²) in [6, 6.07) is 22.6. The van der Waals surface area contributed by atoms with Gasteiger partial charge in [-0.2, -0.15) is 0 Å². The summed E-state index contributed by atoms with van der Waals surface area (Å²) < 4.78 is 7.64. The van der Waals surface area contributed by atoms with Crippen molar-refractivity contribution >= 4 is 5.91 Å². The van der Waals surface area contributed by atoms with E-state index < -0.39 is 0 Å². The van der Waals surface area contributed by atoms with Crippen molar-refractivity contribution in [1.29, 1.82) is 0 Å². The number of carbonyl (C=O) groups is 1. The van der Waals surface area contributed by atoms with Crippen LogP contribution in [0.2, 0.25) is 0 Å². The minimum absolute atomic E-state index is 0.0298. The van der Waals surface area contributed by atoms with Gasteiger partial charge in [0.2, 0.25) is 5.89 Å². The van der Waals surface area contributed by atoms with E-state index >= 15 is 0 Å². The summed E-state index contributed by atoms with van der Waals surface area (Å²) in [7, 11) is 0. The lowest BCUT2D eigenvalue weighted by Gasteiger charge is -2.08. The Labute approximate surface area is 185 Å². The summed E-state index contributed by atoms with van der Waals surface area (Å²) in [6.07, 6.45) is 3.82. The first-order valence-electron chi connectivity index (χ1n) is 10.7. The zero-order valence-electron chi connectivity index (χ0n) is 17.5. The van der Waals surface area contributed by atoms with Crippen molar-refractivity contribution in [1.82, 2.24) is 14.9 Å². The third kappa shape index (κ3) is 4.39. The standard InChI is InChI=1S/C26H23N3O3/c30-22-8-4-5-15-29(22)17-19-11-9-18(10-12-19)16-27-25(31)23-24(20-13-14-20)32-26(28-23)21-6-2-1-3-7-21/h1-12,15,20H,13-14,16-17H2,(H,27,31). The highest BCUT2D eigenvalue weighted by molar-refractivity contribution is 5.94. The number of hydrogen-bond acceptors (Lipinski definition) is 4. The molecule has 32 heavy (non-hydrogen) atoms. The molecule has 0 aliphatic heterocycles. The quantitative estimate of drug-likeness (QED) is 0.477. The fourth-order valence-electron chi connectivity index (χ4n) is 3.64. The van der Waals surface area contributed by atoms with Crippen molar-refractivity contribution in [3.05, 3.63) is 112 Å². The summed E-state index contributed by atoms with van der Waals surface area (Å²) in [5.74, 6) is 1.22. The largest absolute Gasteiger partial charge is 0.440 e. The number of nitrogens with one attached hydrogen (secondary N) is 1. The molecule has 5 rings (SSSR count). The number of nitrogens with zero attached hydrogens (tertiary/aromatic N) is 2. The van der Waals surface area contributed by atoms with E-state index in [1.807, 2.05) is 60.7 Å². The van der Waals surface area contributed by atoms with Gasteiger partial charge in [-0.15, -0.1) is 0 Å². The molecule has 0 unspecified atom stereocenters. The van der Waals surface area contributed by atoms with Gasteiger partial charge < -0.3 is 14.3 Å². The van der Waals surface area contributed by atoms with Crippen molar-refractivity contribution in [3.8, 4) is 11.5 Å². The topological polar surface area (TPSA) is 77.1 Å². The van der Waals surface area contributed by atoms with E-state index in [2.05, 4.69) is 10.3 Å². The number of oxazole rings is 1. The first-order chi connectivity index (χ1) is 15.7. The molecule has 1 N–H and O–H groups in total. The molecule has 6 heteroatoms. The molecule has 1 saturated carbocycles. The molecule has 6 nitrogen and oxygen atoms in total. The van der Waals surface area contributed by atoms with Crippen LogP contribution in [0.4, 0.5) is 0 Å². The molecule has 0 saturated heterocycles. The van der Waals surface area contributed by atoms with Crippen LogP contribution in [0.5, 0.6) is 0 Å². The van der Waals surface area contributed by atoms with Gasteiger partial charge in [0.15, 0.2) is 5.69 Å². The average Bonchev–Trinajstić information content (AvgIpc) is 3.58. The Balaban J connectivity index is 1.26. The highest BCUT2D eigenvalue weighted by atomic mass is 16.4. The van der Waals surface area contributed by atoms with Crippen molar-refractivity contribution in [2.45, 2.75) is 31.8 Å². The maximum Gasteiger partial charge on any atom is 0.273 e. The lowest BCUT2D eigenvalue weighted by molar-refractivity contribution is 0.0944. The molecular weight excluding hydrogens is 402 g/mol. The molecule has 4 aromatic rings. The molecule has 2 heterocycles. The second-order valence-corrected chi connectivity index (χ2v) is 8.04. The Hall–Kier alpha value is -3.93. The molecule has 2 aromatic heterocycles. The van der Waals surface area contributed by atoms with Gasteiger partial charge >= 0.3 is 0 Å². The van der Waals surface area contributed by atoms with Crippen LogP contribution in [-0.2, 0) is 13.1 Å². The molecule has 1 fully saturated rings. The molecule has 160 valence electrons. The Kier molecular flexibility index (Phi) is 5.42. The number of pyridine rings is 1. The fourth-order valence-corrected chi connectivity index (χ4v) is 3.64. The van der Waals surface area contributed by atoms with Crippen molar-refractivity contribution in [2.24, 2.45) is 0 Å². The number of aromatic nitrogens is 2. The van der Waals surface area contributed by atoms with E-state index in [-0.39, 0.29) is 17.4 Å². The number of hydrogen-bond donors (Lipinski definition) is 1. The first-order valence-corrected chi connectivity index (χ1v) is 10.7. The van der Waals surface area contributed by atoms with E-state index in [0.29, 0.717) is 30.4 Å². The van der Waals surface area contributed by atoms with Gasteiger partial charge in [-0.25, -0.2) is 4.98 Å². The second-order valence-electron chi connectivity index (χ2n) is 8.04.